The van der Waals surface area contributed by atoms with Crippen LogP contribution in [0.5, 0.6) is 0 Å². The SMILES string of the molecule is CC(=O)NC(CC(=O)N(C)C1(C(=O)O)CCCCC1)c1ccc(Cl)cc1. The van der Waals surface area contributed by atoms with Gasteiger partial charge >= 0.3 is 5.97 Å². The predicted octanol–water partition coefficient (Wildman–Crippen LogP) is 3.15. The quantitative estimate of drug-likeness (QED) is 0.793. The highest BCUT2D eigenvalue weighted by atomic mass is 35.5. The lowest BCUT2D eigenvalue weighted by atomic mass is 9.80. The van der Waals surface area contributed by atoms with Crippen LogP contribution in [0.2, 0.25) is 5.02 Å². The Morgan fingerprint density at radius 2 is 1.77 bits per heavy atom. The molecule has 1 aromatic rings. The number of amides is 2. The van der Waals surface area contributed by atoms with Crippen molar-refractivity contribution >= 4 is 29.4 Å². The van der Waals surface area contributed by atoms with Gasteiger partial charge in [0.1, 0.15) is 5.54 Å². The van der Waals surface area contributed by atoms with Crippen molar-refractivity contribution in [3.8, 4) is 0 Å². The fourth-order valence-electron chi connectivity index (χ4n) is 3.57. The van der Waals surface area contributed by atoms with Gasteiger partial charge in [-0.25, -0.2) is 4.79 Å². The summed E-state index contributed by atoms with van der Waals surface area (Å²) in [6.07, 6.45) is 3.46. The molecule has 0 aromatic heterocycles. The van der Waals surface area contributed by atoms with E-state index in [0.717, 1.165) is 24.8 Å². The van der Waals surface area contributed by atoms with Crippen LogP contribution in [0.1, 0.15) is 57.1 Å². The molecule has 0 heterocycles. The summed E-state index contributed by atoms with van der Waals surface area (Å²) in [4.78, 5) is 37.7. The van der Waals surface area contributed by atoms with Gasteiger partial charge in [-0.2, -0.15) is 0 Å². The molecule has 142 valence electrons. The Hall–Kier alpha value is -2.08. The maximum Gasteiger partial charge on any atom is 0.329 e. The van der Waals surface area contributed by atoms with Gasteiger partial charge in [0.05, 0.1) is 12.5 Å². The summed E-state index contributed by atoms with van der Waals surface area (Å²) >= 11 is 5.91. The smallest absolute Gasteiger partial charge is 0.329 e. The summed E-state index contributed by atoms with van der Waals surface area (Å²) in [7, 11) is 1.55. The molecule has 0 spiro atoms. The van der Waals surface area contributed by atoms with Crippen molar-refractivity contribution in [2.75, 3.05) is 7.05 Å². The number of hydrogen-bond donors (Lipinski definition) is 2. The fourth-order valence-corrected chi connectivity index (χ4v) is 3.70. The number of carbonyl (C=O) groups is 3. The molecule has 1 fully saturated rings. The van der Waals surface area contributed by atoms with E-state index < -0.39 is 17.6 Å². The molecule has 2 N–H and O–H groups in total. The zero-order chi connectivity index (χ0) is 19.3. The van der Waals surface area contributed by atoms with E-state index in [0.29, 0.717) is 17.9 Å². The topological polar surface area (TPSA) is 86.7 Å². The van der Waals surface area contributed by atoms with E-state index in [2.05, 4.69) is 5.32 Å². The third-order valence-corrected chi connectivity index (χ3v) is 5.38. The number of aliphatic carboxylic acids is 1. The molecule has 2 rings (SSSR count). The third-order valence-electron chi connectivity index (χ3n) is 5.12. The van der Waals surface area contributed by atoms with E-state index in [9.17, 15) is 19.5 Å². The normalized spacial score (nSPS) is 17.2. The van der Waals surface area contributed by atoms with Crippen LogP contribution in [0.3, 0.4) is 0 Å². The highest BCUT2D eigenvalue weighted by molar-refractivity contribution is 6.30. The number of carbonyl (C=O) groups excluding carboxylic acids is 2. The monoisotopic (exact) mass is 380 g/mol. The van der Waals surface area contributed by atoms with Crippen molar-refractivity contribution in [3.05, 3.63) is 34.9 Å². The van der Waals surface area contributed by atoms with Gasteiger partial charge in [0.15, 0.2) is 0 Å². The van der Waals surface area contributed by atoms with Crippen molar-refractivity contribution in [2.45, 2.75) is 57.0 Å². The van der Waals surface area contributed by atoms with E-state index in [1.807, 2.05) is 0 Å². The van der Waals surface area contributed by atoms with Crippen LogP contribution in [0.15, 0.2) is 24.3 Å². The van der Waals surface area contributed by atoms with Gasteiger partial charge in [0, 0.05) is 19.0 Å². The van der Waals surface area contributed by atoms with Crippen LogP contribution in [-0.4, -0.2) is 40.4 Å². The van der Waals surface area contributed by atoms with E-state index in [-0.39, 0.29) is 18.2 Å². The molecular weight excluding hydrogens is 356 g/mol. The minimum Gasteiger partial charge on any atom is -0.479 e. The van der Waals surface area contributed by atoms with E-state index in [1.54, 1.807) is 31.3 Å². The lowest BCUT2D eigenvalue weighted by Crippen LogP contribution is -2.56. The third kappa shape index (κ3) is 4.55. The number of rotatable bonds is 6. The van der Waals surface area contributed by atoms with E-state index in [4.69, 9.17) is 11.6 Å². The summed E-state index contributed by atoms with van der Waals surface area (Å²) in [6.45, 7) is 1.39. The molecule has 1 atom stereocenters. The van der Waals surface area contributed by atoms with Gasteiger partial charge < -0.3 is 15.3 Å². The minimum atomic E-state index is -1.16. The second kappa shape index (κ2) is 8.54. The Balaban J connectivity index is 2.20. The van der Waals surface area contributed by atoms with Gasteiger partial charge in [-0.15, -0.1) is 0 Å². The summed E-state index contributed by atoms with van der Waals surface area (Å²) in [5.41, 5.74) is -0.407. The number of carboxylic acid groups (broad SMARTS) is 1. The molecule has 7 heteroatoms. The molecule has 0 aliphatic heterocycles. The molecule has 1 aliphatic carbocycles. The Morgan fingerprint density at radius 1 is 1.19 bits per heavy atom. The Morgan fingerprint density at radius 3 is 2.27 bits per heavy atom. The molecule has 1 saturated carbocycles. The highest BCUT2D eigenvalue weighted by Gasteiger charge is 2.45. The Labute approximate surface area is 158 Å². The largest absolute Gasteiger partial charge is 0.479 e. The molecule has 1 aliphatic rings. The molecule has 1 aromatic carbocycles. The van der Waals surface area contributed by atoms with Gasteiger partial charge in [0.2, 0.25) is 11.8 Å². The van der Waals surface area contributed by atoms with Crippen molar-refractivity contribution < 1.29 is 19.5 Å². The van der Waals surface area contributed by atoms with Gasteiger partial charge in [-0.3, -0.25) is 9.59 Å². The first-order valence-corrected chi connectivity index (χ1v) is 9.16. The standard InChI is InChI=1S/C19H25ClN2O4/c1-13(23)21-16(14-6-8-15(20)9-7-14)12-17(24)22(2)19(18(25)26)10-4-3-5-11-19/h6-9,16H,3-5,10-12H2,1-2H3,(H,21,23)(H,25,26). The molecular formula is C19H25ClN2O4. The van der Waals surface area contributed by atoms with Crippen molar-refractivity contribution in [3.63, 3.8) is 0 Å². The van der Waals surface area contributed by atoms with Gasteiger partial charge in [0.25, 0.3) is 0 Å². The van der Waals surface area contributed by atoms with Crippen molar-refractivity contribution in [1.82, 2.24) is 10.2 Å². The van der Waals surface area contributed by atoms with Crippen LogP contribution >= 0.6 is 11.6 Å². The van der Waals surface area contributed by atoms with Gasteiger partial charge in [-0.1, -0.05) is 43.0 Å². The first kappa shape index (κ1) is 20.2. The van der Waals surface area contributed by atoms with Crippen LogP contribution in [-0.2, 0) is 14.4 Å². The predicted molar refractivity (Wildman–Crippen MR) is 98.8 cm³/mol. The van der Waals surface area contributed by atoms with Crippen LogP contribution in [0, 0.1) is 0 Å². The lowest BCUT2D eigenvalue weighted by Gasteiger charge is -2.41. The molecule has 0 bridgehead atoms. The number of benzene rings is 1. The number of carboxylic acids is 1. The number of nitrogens with one attached hydrogen (secondary N) is 1. The second-order valence-electron chi connectivity index (χ2n) is 6.86. The second-order valence-corrected chi connectivity index (χ2v) is 7.30. The van der Waals surface area contributed by atoms with Crippen LogP contribution < -0.4 is 5.32 Å². The zero-order valence-electron chi connectivity index (χ0n) is 15.1. The Bertz CT molecular complexity index is 669. The number of likely N-dealkylation sites (N-methyl/N-ethyl adjacent to an activating group) is 1. The molecule has 2 amide bonds. The number of nitrogens with zero attached hydrogens (tertiary/aromatic N) is 1. The average molecular weight is 381 g/mol. The molecule has 0 radical (unpaired) electrons. The Kier molecular flexibility index (Phi) is 6.64. The first-order chi connectivity index (χ1) is 12.3. The van der Waals surface area contributed by atoms with Crippen molar-refractivity contribution in [1.29, 1.82) is 0 Å². The maximum atomic E-state index is 12.9. The number of halogens is 1. The number of hydrogen-bond acceptors (Lipinski definition) is 3. The summed E-state index contributed by atoms with van der Waals surface area (Å²) in [5, 5.41) is 13.1. The fraction of sp³-hybridized carbons (Fsp3) is 0.526. The zero-order valence-corrected chi connectivity index (χ0v) is 15.9. The first-order valence-electron chi connectivity index (χ1n) is 8.79. The van der Waals surface area contributed by atoms with Crippen molar-refractivity contribution in [2.24, 2.45) is 0 Å². The highest BCUT2D eigenvalue weighted by Crippen LogP contribution is 2.34. The van der Waals surface area contributed by atoms with Crippen LogP contribution in [0.25, 0.3) is 0 Å². The minimum absolute atomic E-state index is 0.00720. The van der Waals surface area contributed by atoms with E-state index >= 15 is 0 Å². The molecule has 26 heavy (non-hydrogen) atoms. The summed E-state index contributed by atoms with van der Waals surface area (Å²) < 4.78 is 0. The lowest BCUT2D eigenvalue weighted by molar-refractivity contribution is -0.160. The summed E-state index contributed by atoms with van der Waals surface area (Å²) in [6, 6.07) is 6.36. The summed E-state index contributed by atoms with van der Waals surface area (Å²) in [5.74, 6) is -1.52. The van der Waals surface area contributed by atoms with E-state index in [1.165, 1.54) is 11.8 Å². The van der Waals surface area contributed by atoms with Crippen LogP contribution in [0.4, 0.5) is 0 Å². The molecule has 1 unspecified atom stereocenters. The maximum absolute atomic E-state index is 12.9. The molecule has 6 nitrogen and oxygen atoms in total. The van der Waals surface area contributed by atoms with Gasteiger partial charge in [-0.05, 0) is 30.5 Å². The molecule has 0 saturated heterocycles. The average Bonchev–Trinajstić information content (AvgIpc) is 2.61.